The van der Waals surface area contributed by atoms with Crippen molar-refractivity contribution in [2.75, 3.05) is 0 Å². The third-order valence-electron chi connectivity index (χ3n) is 1.24. The molecule has 0 amide bonds. The number of aliphatic carboxylic acids is 1. The van der Waals surface area contributed by atoms with Crippen LogP contribution in [0.4, 0.5) is 0 Å². The van der Waals surface area contributed by atoms with E-state index in [4.69, 9.17) is 5.11 Å². The highest BCUT2D eigenvalue weighted by atomic mass is 16.4. The maximum absolute atomic E-state index is 9.93. The molecule has 2 atom stereocenters. The van der Waals surface area contributed by atoms with Crippen LogP contribution in [0.2, 0.25) is 0 Å². The van der Waals surface area contributed by atoms with Crippen molar-refractivity contribution in [1.29, 1.82) is 0 Å². The van der Waals surface area contributed by atoms with Crippen LogP contribution in [0, 0.1) is 18.8 Å². The summed E-state index contributed by atoms with van der Waals surface area (Å²) in [5.74, 6) is -0.627. The fourth-order valence-electron chi connectivity index (χ4n) is 0.550. The van der Waals surface area contributed by atoms with Crippen LogP contribution >= 0.6 is 0 Å². The zero-order chi connectivity index (χ0) is 5.44. The van der Waals surface area contributed by atoms with Crippen molar-refractivity contribution in [1.82, 2.24) is 0 Å². The van der Waals surface area contributed by atoms with Gasteiger partial charge in [-0.15, -0.1) is 0 Å². The molecular formula is C5H7O2. The second-order valence-corrected chi connectivity index (χ2v) is 1.94. The molecule has 2 unspecified atom stereocenters. The Hall–Kier alpha value is -0.530. The molecule has 2 heteroatoms. The first-order valence-corrected chi connectivity index (χ1v) is 2.27. The summed E-state index contributed by atoms with van der Waals surface area (Å²) in [6.07, 6.45) is 0.773. The van der Waals surface area contributed by atoms with Crippen molar-refractivity contribution in [2.24, 2.45) is 11.8 Å². The molecule has 1 fully saturated rings. The van der Waals surface area contributed by atoms with Gasteiger partial charge < -0.3 is 5.11 Å². The first kappa shape index (κ1) is 4.62. The van der Waals surface area contributed by atoms with Crippen molar-refractivity contribution in [2.45, 2.75) is 6.42 Å². The molecule has 0 spiro atoms. The third-order valence-corrected chi connectivity index (χ3v) is 1.24. The lowest BCUT2D eigenvalue weighted by molar-refractivity contribution is -0.138. The van der Waals surface area contributed by atoms with Gasteiger partial charge in [0.25, 0.3) is 0 Å². The molecule has 0 saturated heterocycles. The van der Waals surface area contributed by atoms with Gasteiger partial charge in [0.1, 0.15) is 0 Å². The van der Waals surface area contributed by atoms with Crippen LogP contribution in [0.3, 0.4) is 0 Å². The van der Waals surface area contributed by atoms with Crippen LogP contribution in [-0.2, 0) is 4.79 Å². The van der Waals surface area contributed by atoms with E-state index >= 15 is 0 Å². The summed E-state index contributed by atoms with van der Waals surface area (Å²) in [6.45, 7) is 3.57. The first-order valence-electron chi connectivity index (χ1n) is 2.27. The fourth-order valence-corrected chi connectivity index (χ4v) is 0.550. The summed E-state index contributed by atoms with van der Waals surface area (Å²) in [5, 5.41) is 8.18. The van der Waals surface area contributed by atoms with Crippen molar-refractivity contribution in [3.05, 3.63) is 6.92 Å². The van der Waals surface area contributed by atoms with Crippen LogP contribution in [0.1, 0.15) is 6.42 Å². The Kier molecular flexibility index (Phi) is 0.805. The molecule has 1 aliphatic rings. The zero-order valence-corrected chi connectivity index (χ0v) is 3.92. The molecule has 0 aromatic carbocycles. The first-order chi connectivity index (χ1) is 3.22. The molecule has 0 heterocycles. The lowest BCUT2D eigenvalue weighted by Gasteiger charge is -1.79. The highest BCUT2D eigenvalue weighted by Gasteiger charge is 2.39. The topological polar surface area (TPSA) is 37.3 Å². The lowest BCUT2D eigenvalue weighted by Crippen LogP contribution is -1.97. The Bertz CT molecular complexity index is 98.3. The average Bonchev–Trinajstić information content (AvgIpc) is 2.17. The maximum Gasteiger partial charge on any atom is 0.306 e. The van der Waals surface area contributed by atoms with E-state index in [1.807, 2.05) is 0 Å². The van der Waals surface area contributed by atoms with Crippen molar-refractivity contribution in [3.8, 4) is 0 Å². The van der Waals surface area contributed by atoms with Crippen molar-refractivity contribution >= 4 is 5.97 Å². The molecule has 1 N–H and O–H groups in total. The van der Waals surface area contributed by atoms with Gasteiger partial charge >= 0.3 is 5.97 Å². The fraction of sp³-hybridized carbons (Fsp3) is 0.600. The number of rotatable bonds is 1. The average molecular weight is 99.1 g/mol. The van der Waals surface area contributed by atoms with E-state index in [2.05, 4.69) is 6.92 Å². The lowest BCUT2D eigenvalue weighted by atomic mass is 10.3. The van der Waals surface area contributed by atoms with E-state index in [-0.39, 0.29) is 11.8 Å². The van der Waals surface area contributed by atoms with Crippen molar-refractivity contribution in [3.63, 3.8) is 0 Å². The molecule has 1 rings (SSSR count). The van der Waals surface area contributed by atoms with E-state index < -0.39 is 5.97 Å². The second-order valence-electron chi connectivity index (χ2n) is 1.94. The van der Waals surface area contributed by atoms with E-state index in [1.165, 1.54) is 0 Å². The van der Waals surface area contributed by atoms with Crippen LogP contribution in [0.25, 0.3) is 0 Å². The molecule has 1 aliphatic carbocycles. The second kappa shape index (κ2) is 1.22. The van der Waals surface area contributed by atoms with Gasteiger partial charge in [-0.3, -0.25) is 4.79 Å². The summed E-state index contributed by atoms with van der Waals surface area (Å²) >= 11 is 0. The van der Waals surface area contributed by atoms with Gasteiger partial charge in [0.2, 0.25) is 0 Å². The summed E-state index contributed by atoms with van der Waals surface area (Å²) in [5.41, 5.74) is 0. The van der Waals surface area contributed by atoms with Crippen LogP contribution in [-0.4, -0.2) is 11.1 Å². The summed E-state index contributed by atoms with van der Waals surface area (Å²) in [4.78, 5) is 9.93. The highest BCUT2D eigenvalue weighted by Crippen LogP contribution is 2.36. The molecule has 0 aromatic heterocycles. The predicted octanol–water partition coefficient (Wildman–Crippen LogP) is 0.541. The third kappa shape index (κ3) is 0.734. The van der Waals surface area contributed by atoms with Gasteiger partial charge in [0.15, 0.2) is 0 Å². The standard InChI is InChI=1S/C5H7O2/c1-3-2-4(3)5(6)7/h3-4H,1-2H2,(H,6,7). The van der Waals surface area contributed by atoms with E-state index in [9.17, 15) is 4.79 Å². The number of hydrogen-bond acceptors (Lipinski definition) is 1. The SMILES string of the molecule is [CH2]C1CC1C(=O)O. The Balaban J connectivity index is 2.33. The smallest absolute Gasteiger partial charge is 0.306 e. The Morgan fingerprint density at radius 3 is 2.29 bits per heavy atom. The molecule has 2 nitrogen and oxygen atoms in total. The molecule has 1 radical (unpaired) electrons. The van der Waals surface area contributed by atoms with Gasteiger partial charge in [-0.1, -0.05) is 0 Å². The van der Waals surface area contributed by atoms with E-state index in [1.54, 1.807) is 0 Å². The number of carboxylic acids is 1. The summed E-state index contributed by atoms with van der Waals surface area (Å²) in [7, 11) is 0. The number of carbonyl (C=O) groups is 1. The van der Waals surface area contributed by atoms with E-state index in [0.717, 1.165) is 6.42 Å². The number of hydrogen-bond donors (Lipinski definition) is 1. The summed E-state index contributed by atoms with van der Waals surface area (Å²) in [6, 6.07) is 0. The van der Waals surface area contributed by atoms with E-state index in [0.29, 0.717) is 0 Å². The molecular weight excluding hydrogens is 92.1 g/mol. The highest BCUT2D eigenvalue weighted by molar-refractivity contribution is 5.73. The zero-order valence-electron chi connectivity index (χ0n) is 3.92. The Labute approximate surface area is 42.1 Å². The summed E-state index contributed by atoms with van der Waals surface area (Å²) < 4.78 is 0. The monoisotopic (exact) mass is 99.0 g/mol. The molecule has 39 valence electrons. The van der Waals surface area contributed by atoms with Crippen LogP contribution in [0.5, 0.6) is 0 Å². The van der Waals surface area contributed by atoms with Crippen LogP contribution < -0.4 is 0 Å². The Morgan fingerprint density at radius 1 is 1.86 bits per heavy atom. The molecule has 1 saturated carbocycles. The van der Waals surface area contributed by atoms with Gasteiger partial charge in [-0.05, 0) is 19.3 Å². The van der Waals surface area contributed by atoms with Gasteiger partial charge in [0, 0.05) is 0 Å². The molecule has 0 bridgehead atoms. The maximum atomic E-state index is 9.93. The minimum absolute atomic E-state index is 0.125. The minimum Gasteiger partial charge on any atom is -0.481 e. The normalized spacial score (nSPS) is 37.9. The number of carboxylic acid groups (broad SMARTS) is 1. The minimum atomic E-state index is -0.694. The largest absolute Gasteiger partial charge is 0.481 e. The van der Waals surface area contributed by atoms with Gasteiger partial charge in [-0.25, -0.2) is 0 Å². The van der Waals surface area contributed by atoms with Gasteiger partial charge in [0.05, 0.1) is 5.92 Å². The van der Waals surface area contributed by atoms with Crippen molar-refractivity contribution < 1.29 is 9.90 Å². The molecule has 0 aliphatic heterocycles. The Morgan fingerprint density at radius 2 is 2.29 bits per heavy atom. The molecule has 7 heavy (non-hydrogen) atoms. The van der Waals surface area contributed by atoms with Crippen LogP contribution in [0.15, 0.2) is 0 Å². The quantitative estimate of drug-likeness (QED) is 0.521. The predicted molar refractivity (Wildman–Crippen MR) is 24.6 cm³/mol. The van der Waals surface area contributed by atoms with Gasteiger partial charge in [-0.2, -0.15) is 0 Å². The molecule has 0 aromatic rings.